The third-order valence-corrected chi connectivity index (χ3v) is 4.47. The van der Waals surface area contributed by atoms with Gasteiger partial charge in [-0.2, -0.15) is 15.5 Å². The summed E-state index contributed by atoms with van der Waals surface area (Å²) in [6, 6.07) is 11.0. The van der Waals surface area contributed by atoms with Crippen molar-refractivity contribution in [3.05, 3.63) is 73.1 Å². The Balaban J connectivity index is 1.83. The molecule has 0 unspecified atom stereocenters. The molecule has 7 nitrogen and oxygen atoms in total. The maximum atomic E-state index is 12.9. The van der Waals surface area contributed by atoms with Gasteiger partial charge in [0, 0.05) is 41.8 Å². The van der Waals surface area contributed by atoms with Crippen molar-refractivity contribution in [2.24, 2.45) is 7.05 Å². The molecule has 0 fully saturated rings. The van der Waals surface area contributed by atoms with E-state index in [1.165, 1.54) is 6.20 Å². The Labute approximate surface area is 165 Å². The van der Waals surface area contributed by atoms with E-state index in [4.69, 9.17) is 0 Å². The quantitative estimate of drug-likeness (QED) is 0.542. The van der Waals surface area contributed by atoms with Crippen LogP contribution in [0.15, 0.2) is 67.5 Å². The van der Waals surface area contributed by atoms with Crippen LogP contribution in [0.25, 0.3) is 27.8 Å². The summed E-state index contributed by atoms with van der Waals surface area (Å²) in [6.07, 6.45) is 7.01. The van der Waals surface area contributed by atoms with Crippen molar-refractivity contribution in [2.75, 3.05) is 5.32 Å². The lowest BCUT2D eigenvalue weighted by molar-refractivity contribution is -0.114. The van der Waals surface area contributed by atoms with Gasteiger partial charge in [0.05, 0.1) is 23.5 Å². The second-order valence-electron chi connectivity index (χ2n) is 6.44. The molecule has 0 bridgehead atoms. The number of hydrogen-bond acceptors (Lipinski definition) is 4. The molecular formula is C21H15FN6O. The number of aromatic nitrogens is 4. The fourth-order valence-corrected chi connectivity index (χ4v) is 3.08. The minimum Gasteiger partial charge on any atom is -0.320 e. The number of nitrogens with zero attached hydrogens (tertiary/aromatic N) is 5. The van der Waals surface area contributed by atoms with Gasteiger partial charge in [-0.05, 0) is 23.8 Å². The molecule has 3 aromatic heterocycles. The Morgan fingerprint density at radius 1 is 1.14 bits per heavy atom. The standard InChI is InChI=1S/C21H15FN6O/c1-13(22)21(29)26-18-5-3-14(4-6-18)19-7-15(17-10-24-27(2)11-17)12-28-20(19)16(8-23)9-25-28/h3-7,9-12H,1H2,2H3,(H,26,29). The number of rotatable bonds is 4. The van der Waals surface area contributed by atoms with Crippen molar-refractivity contribution in [1.82, 2.24) is 19.4 Å². The number of carbonyl (C=O) groups excluding carboxylic acids is 1. The number of fused-ring (bicyclic) bond motifs is 1. The van der Waals surface area contributed by atoms with Crippen molar-refractivity contribution < 1.29 is 9.18 Å². The molecule has 0 aliphatic carbocycles. The van der Waals surface area contributed by atoms with Gasteiger partial charge in [0.2, 0.25) is 0 Å². The van der Waals surface area contributed by atoms with Crippen molar-refractivity contribution >= 4 is 17.1 Å². The summed E-state index contributed by atoms with van der Waals surface area (Å²) < 4.78 is 16.3. The van der Waals surface area contributed by atoms with E-state index in [0.717, 1.165) is 22.3 Å². The molecular weight excluding hydrogens is 371 g/mol. The first kappa shape index (κ1) is 18.1. The molecule has 8 heteroatoms. The molecule has 4 rings (SSSR count). The number of nitrogens with one attached hydrogen (secondary N) is 1. The fraction of sp³-hybridized carbons (Fsp3) is 0.0476. The van der Waals surface area contributed by atoms with Gasteiger partial charge >= 0.3 is 0 Å². The number of anilines is 1. The Hall–Kier alpha value is -4.25. The van der Waals surface area contributed by atoms with Crippen LogP contribution in [-0.4, -0.2) is 25.3 Å². The number of amides is 1. The van der Waals surface area contributed by atoms with E-state index in [0.29, 0.717) is 16.8 Å². The van der Waals surface area contributed by atoms with E-state index >= 15 is 0 Å². The van der Waals surface area contributed by atoms with Gasteiger partial charge in [0.25, 0.3) is 5.91 Å². The molecule has 1 amide bonds. The van der Waals surface area contributed by atoms with Gasteiger partial charge in [0.1, 0.15) is 6.07 Å². The largest absolute Gasteiger partial charge is 0.320 e. The Bertz CT molecular complexity index is 1290. The fourth-order valence-electron chi connectivity index (χ4n) is 3.08. The predicted molar refractivity (Wildman–Crippen MR) is 106 cm³/mol. The Morgan fingerprint density at radius 2 is 1.90 bits per heavy atom. The lowest BCUT2D eigenvalue weighted by Crippen LogP contribution is -2.10. The van der Waals surface area contributed by atoms with Gasteiger partial charge in [-0.3, -0.25) is 9.48 Å². The van der Waals surface area contributed by atoms with Crippen molar-refractivity contribution in [1.29, 1.82) is 5.26 Å². The molecule has 29 heavy (non-hydrogen) atoms. The molecule has 4 aromatic rings. The highest BCUT2D eigenvalue weighted by molar-refractivity contribution is 6.01. The van der Waals surface area contributed by atoms with Gasteiger partial charge in [-0.25, -0.2) is 8.91 Å². The zero-order valence-corrected chi connectivity index (χ0v) is 15.4. The Kier molecular flexibility index (Phi) is 4.41. The smallest absolute Gasteiger partial charge is 0.283 e. The third-order valence-electron chi connectivity index (χ3n) is 4.47. The molecule has 0 aliphatic rings. The van der Waals surface area contributed by atoms with Crippen molar-refractivity contribution in [2.45, 2.75) is 0 Å². The van der Waals surface area contributed by atoms with E-state index in [1.54, 1.807) is 39.7 Å². The SMILES string of the molecule is C=C(F)C(=O)Nc1ccc(-c2cc(-c3cnn(C)c3)cn3ncc(C#N)c23)cc1. The monoisotopic (exact) mass is 386 g/mol. The molecule has 0 saturated carbocycles. The van der Waals surface area contributed by atoms with Crippen LogP contribution in [0.5, 0.6) is 0 Å². The van der Waals surface area contributed by atoms with Gasteiger partial charge in [-0.15, -0.1) is 0 Å². The summed E-state index contributed by atoms with van der Waals surface area (Å²) in [5, 5.41) is 20.4. The molecule has 3 heterocycles. The molecule has 0 aliphatic heterocycles. The van der Waals surface area contributed by atoms with Crippen molar-refractivity contribution in [3.63, 3.8) is 0 Å². The van der Waals surface area contributed by atoms with E-state index < -0.39 is 11.7 Å². The van der Waals surface area contributed by atoms with Gasteiger partial charge in [-0.1, -0.05) is 18.7 Å². The lowest BCUT2D eigenvalue weighted by Gasteiger charge is -2.10. The molecule has 0 atom stereocenters. The van der Waals surface area contributed by atoms with Gasteiger partial charge in [0.15, 0.2) is 5.83 Å². The van der Waals surface area contributed by atoms with Crippen LogP contribution in [-0.2, 0) is 11.8 Å². The maximum absolute atomic E-state index is 12.9. The highest BCUT2D eigenvalue weighted by Gasteiger charge is 2.15. The maximum Gasteiger partial charge on any atom is 0.283 e. The molecule has 0 radical (unpaired) electrons. The summed E-state index contributed by atoms with van der Waals surface area (Å²) in [4.78, 5) is 11.5. The summed E-state index contributed by atoms with van der Waals surface area (Å²) in [6.45, 7) is 2.98. The van der Waals surface area contributed by atoms with Gasteiger partial charge < -0.3 is 5.32 Å². The number of hydrogen-bond donors (Lipinski definition) is 1. The number of halogens is 1. The normalized spacial score (nSPS) is 10.7. The van der Waals surface area contributed by atoms with Crippen LogP contribution in [0.3, 0.4) is 0 Å². The first-order chi connectivity index (χ1) is 14.0. The third kappa shape index (κ3) is 3.37. The predicted octanol–water partition coefficient (Wildman–Crippen LogP) is 3.70. The minimum atomic E-state index is -1.06. The average Bonchev–Trinajstić information content (AvgIpc) is 3.33. The number of nitriles is 1. The number of aryl methyl sites for hydroxylation is 1. The summed E-state index contributed by atoms with van der Waals surface area (Å²) in [5.74, 6) is -1.95. The summed E-state index contributed by atoms with van der Waals surface area (Å²) in [7, 11) is 1.84. The highest BCUT2D eigenvalue weighted by Crippen LogP contribution is 2.32. The highest BCUT2D eigenvalue weighted by atomic mass is 19.1. The number of carbonyl (C=O) groups is 1. The summed E-state index contributed by atoms with van der Waals surface area (Å²) in [5.41, 5.74) is 4.97. The summed E-state index contributed by atoms with van der Waals surface area (Å²) >= 11 is 0. The minimum absolute atomic E-state index is 0.436. The molecule has 1 aromatic carbocycles. The van der Waals surface area contributed by atoms with E-state index in [1.807, 2.05) is 25.5 Å². The number of pyridine rings is 1. The molecule has 1 N–H and O–H groups in total. The van der Waals surface area contributed by atoms with Crippen LogP contribution < -0.4 is 5.32 Å². The lowest BCUT2D eigenvalue weighted by atomic mass is 10.00. The van der Waals surface area contributed by atoms with E-state index in [2.05, 4.69) is 28.2 Å². The van der Waals surface area contributed by atoms with Crippen molar-refractivity contribution in [3.8, 4) is 28.3 Å². The van der Waals surface area contributed by atoms with Crippen LogP contribution in [0.4, 0.5) is 10.1 Å². The zero-order valence-electron chi connectivity index (χ0n) is 15.4. The van der Waals surface area contributed by atoms with Crippen LogP contribution >= 0.6 is 0 Å². The average molecular weight is 386 g/mol. The number of benzene rings is 1. The Morgan fingerprint density at radius 3 is 2.52 bits per heavy atom. The molecule has 142 valence electrons. The molecule has 0 saturated heterocycles. The zero-order chi connectivity index (χ0) is 20.5. The first-order valence-corrected chi connectivity index (χ1v) is 8.63. The second-order valence-corrected chi connectivity index (χ2v) is 6.44. The van der Waals surface area contributed by atoms with Crippen LogP contribution in [0.2, 0.25) is 0 Å². The second kappa shape index (κ2) is 7.05. The first-order valence-electron chi connectivity index (χ1n) is 8.63. The van der Waals surface area contributed by atoms with Crippen LogP contribution in [0.1, 0.15) is 5.56 Å². The topological polar surface area (TPSA) is 88.0 Å². The van der Waals surface area contributed by atoms with E-state index in [-0.39, 0.29) is 0 Å². The van der Waals surface area contributed by atoms with Crippen LogP contribution in [0, 0.1) is 11.3 Å². The van der Waals surface area contributed by atoms with E-state index in [9.17, 15) is 14.4 Å². The molecule has 0 spiro atoms.